The third kappa shape index (κ3) is 6.83. The number of anilines is 2. The Hall–Kier alpha value is -5.20. The minimum absolute atomic E-state index is 0.126. The smallest absolute Gasteiger partial charge is 0.410 e. The Kier molecular flexibility index (Phi) is 8.24. The van der Waals surface area contributed by atoms with Crippen LogP contribution < -0.4 is 15.6 Å². The van der Waals surface area contributed by atoms with Crippen molar-refractivity contribution < 1.29 is 14.3 Å². The van der Waals surface area contributed by atoms with Crippen molar-refractivity contribution in [1.29, 1.82) is 0 Å². The maximum atomic E-state index is 13.5. The van der Waals surface area contributed by atoms with Gasteiger partial charge in [-0.15, -0.1) is 6.58 Å². The Bertz CT molecular complexity index is 2000. The molecule has 4 aromatic heterocycles. The summed E-state index contributed by atoms with van der Waals surface area (Å²) in [7, 11) is 0. The molecule has 0 radical (unpaired) electrons. The van der Waals surface area contributed by atoms with E-state index in [9.17, 15) is 9.59 Å². The lowest BCUT2D eigenvalue weighted by atomic mass is 10.1. The van der Waals surface area contributed by atoms with E-state index in [0.717, 1.165) is 16.6 Å². The number of hydrogen-bond acceptors (Lipinski definition) is 9. The highest BCUT2D eigenvalue weighted by Gasteiger charge is 2.28. The molecule has 1 aliphatic rings. The molecular formula is C34H41N9O4. The normalized spacial score (nSPS) is 14.5. The number of nitrogens with zero attached hydrogens (tertiary/aromatic N) is 8. The highest BCUT2D eigenvalue weighted by molar-refractivity contribution is 5.83. The average molecular weight is 640 g/mol. The highest BCUT2D eigenvalue weighted by atomic mass is 16.6. The van der Waals surface area contributed by atoms with Crippen molar-refractivity contribution >= 4 is 39.7 Å². The summed E-state index contributed by atoms with van der Waals surface area (Å²) in [6.07, 6.45) is 6.03. The summed E-state index contributed by atoms with van der Waals surface area (Å²) >= 11 is 0. The molecule has 1 amide bonds. The molecule has 5 aromatic rings. The number of likely N-dealkylation sites (tertiary alicyclic amines) is 1. The molecule has 1 aliphatic heterocycles. The molecule has 0 bridgehead atoms. The molecule has 47 heavy (non-hydrogen) atoms. The lowest BCUT2D eigenvalue weighted by Crippen LogP contribution is -2.44. The Morgan fingerprint density at radius 2 is 1.85 bits per heavy atom. The fraction of sp³-hybridized carbons (Fsp3) is 0.412. The fourth-order valence-corrected chi connectivity index (χ4v) is 5.43. The first-order chi connectivity index (χ1) is 22.3. The van der Waals surface area contributed by atoms with Crippen molar-refractivity contribution in [2.24, 2.45) is 0 Å². The largest absolute Gasteiger partial charge is 0.474 e. The van der Waals surface area contributed by atoms with Gasteiger partial charge in [0.25, 0.3) is 5.56 Å². The summed E-state index contributed by atoms with van der Waals surface area (Å²) in [6, 6.07) is 11.3. The number of rotatable bonds is 7. The van der Waals surface area contributed by atoms with Crippen LogP contribution in [-0.4, -0.2) is 69.9 Å². The molecule has 1 saturated heterocycles. The molecular weight excluding hydrogens is 598 g/mol. The van der Waals surface area contributed by atoms with Crippen LogP contribution in [0.2, 0.25) is 0 Å². The fourth-order valence-electron chi connectivity index (χ4n) is 5.43. The van der Waals surface area contributed by atoms with Gasteiger partial charge in [-0.05, 0) is 65.8 Å². The first-order valence-corrected chi connectivity index (χ1v) is 15.8. The van der Waals surface area contributed by atoms with Crippen LogP contribution >= 0.6 is 0 Å². The van der Waals surface area contributed by atoms with Gasteiger partial charge in [-0.2, -0.15) is 15.1 Å². The number of carbonyl (C=O) groups is 1. The summed E-state index contributed by atoms with van der Waals surface area (Å²) < 4.78 is 16.9. The molecule has 0 aliphatic carbocycles. The van der Waals surface area contributed by atoms with E-state index in [-0.39, 0.29) is 29.8 Å². The van der Waals surface area contributed by atoms with Gasteiger partial charge < -0.3 is 19.7 Å². The van der Waals surface area contributed by atoms with E-state index in [1.165, 1.54) is 10.9 Å². The van der Waals surface area contributed by atoms with Gasteiger partial charge in [0.1, 0.15) is 17.1 Å². The minimum Gasteiger partial charge on any atom is -0.474 e. The zero-order chi connectivity index (χ0) is 33.5. The van der Waals surface area contributed by atoms with Gasteiger partial charge in [0.15, 0.2) is 11.5 Å². The van der Waals surface area contributed by atoms with Gasteiger partial charge in [-0.3, -0.25) is 9.48 Å². The number of pyridine rings is 1. The lowest BCUT2D eigenvalue weighted by molar-refractivity contribution is 0.0123. The van der Waals surface area contributed by atoms with E-state index >= 15 is 0 Å². The van der Waals surface area contributed by atoms with E-state index < -0.39 is 5.60 Å². The topological polar surface area (TPSA) is 134 Å². The first kappa shape index (κ1) is 31.8. The van der Waals surface area contributed by atoms with Crippen molar-refractivity contribution in [3.05, 3.63) is 71.8 Å². The Morgan fingerprint density at radius 3 is 2.55 bits per heavy atom. The van der Waals surface area contributed by atoms with Crippen LogP contribution in [-0.2, 0) is 16.8 Å². The molecule has 0 saturated carbocycles. The second-order valence-electron chi connectivity index (χ2n) is 13.7. The van der Waals surface area contributed by atoms with Crippen molar-refractivity contribution in [2.75, 3.05) is 18.4 Å². The van der Waals surface area contributed by atoms with Crippen LogP contribution in [0.4, 0.5) is 16.4 Å². The molecule has 1 aromatic carbocycles. The van der Waals surface area contributed by atoms with Crippen LogP contribution in [0, 0.1) is 0 Å². The maximum absolute atomic E-state index is 13.5. The van der Waals surface area contributed by atoms with E-state index in [4.69, 9.17) is 19.4 Å². The quantitative estimate of drug-likeness (QED) is 0.220. The molecule has 1 fully saturated rings. The monoisotopic (exact) mass is 639 g/mol. The van der Waals surface area contributed by atoms with Gasteiger partial charge in [0, 0.05) is 55.5 Å². The SMILES string of the molecule is C=CCn1c(=O)c2cnc(Nc3ccc4nn(C(C)(C)C)cc4c3)nc2n1-c1cccc(OC2CCN(C(=O)OC(C)(C)C)CC2)n1. The lowest BCUT2D eigenvalue weighted by Gasteiger charge is -2.33. The Labute approximate surface area is 272 Å². The number of hydrogen-bond donors (Lipinski definition) is 1. The molecule has 0 atom stereocenters. The number of piperidine rings is 1. The number of aromatic nitrogens is 7. The molecule has 13 heteroatoms. The summed E-state index contributed by atoms with van der Waals surface area (Å²) in [6.45, 7) is 17.0. The number of allylic oxidation sites excluding steroid dienone is 1. The van der Waals surface area contributed by atoms with Crippen LogP contribution in [0.3, 0.4) is 0 Å². The number of carbonyl (C=O) groups excluding carboxylic acids is 1. The zero-order valence-electron chi connectivity index (χ0n) is 27.7. The summed E-state index contributed by atoms with van der Waals surface area (Å²) in [5, 5.41) is 9.30. The average Bonchev–Trinajstić information content (AvgIpc) is 3.56. The molecule has 0 spiro atoms. The molecule has 246 valence electrons. The second kappa shape index (κ2) is 12.2. The third-order valence-corrected chi connectivity index (χ3v) is 7.73. The predicted molar refractivity (Wildman–Crippen MR) is 181 cm³/mol. The van der Waals surface area contributed by atoms with Gasteiger partial charge in [-0.1, -0.05) is 12.1 Å². The number of amides is 1. The molecule has 5 heterocycles. The van der Waals surface area contributed by atoms with Crippen LogP contribution in [0.25, 0.3) is 27.8 Å². The molecule has 1 N–H and O–H groups in total. The van der Waals surface area contributed by atoms with Crippen molar-refractivity contribution in [3.8, 4) is 11.7 Å². The standard InChI is InChI=1S/C34H41N9O4/c1-8-16-41-30(44)25-20-35-31(36-23-12-13-26-22(19-23)21-42(39-26)33(2,3)4)38-29(25)43(41)27-10-9-11-28(37-27)46-24-14-17-40(18-15-24)32(45)47-34(5,6)7/h8-13,19-21,24H,1,14-18H2,2-7H3,(H,35,36,38). The second-order valence-corrected chi connectivity index (χ2v) is 13.7. The number of benzene rings is 1. The van der Waals surface area contributed by atoms with Gasteiger partial charge in [-0.25, -0.2) is 19.1 Å². The minimum atomic E-state index is -0.545. The molecule has 13 nitrogen and oxygen atoms in total. The van der Waals surface area contributed by atoms with E-state index in [0.29, 0.717) is 54.6 Å². The number of ether oxygens (including phenoxy) is 2. The Morgan fingerprint density at radius 1 is 1.09 bits per heavy atom. The molecule has 0 unspecified atom stereocenters. The van der Waals surface area contributed by atoms with E-state index in [1.807, 2.05) is 55.9 Å². The van der Waals surface area contributed by atoms with Crippen molar-refractivity contribution in [1.82, 2.24) is 39.0 Å². The van der Waals surface area contributed by atoms with Gasteiger partial charge in [0.2, 0.25) is 11.8 Å². The Balaban J connectivity index is 1.26. The zero-order valence-corrected chi connectivity index (χ0v) is 27.7. The van der Waals surface area contributed by atoms with E-state index in [1.54, 1.807) is 27.8 Å². The number of nitrogens with one attached hydrogen (secondary N) is 1. The third-order valence-electron chi connectivity index (χ3n) is 7.73. The maximum Gasteiger partial charge on any atom is 0.410 e. The van der Waals surface area contributed by atoms with Crippen LogP contribution in [0.15, 0.2) is 66.2 Å². The molecule has 6 rings (SSSR count). The van der Waals surface area contributed by atoms with Crippen molar-refractivity contribution in [3.63, 3.8) is 0 Å². The first-order valence-electron chi connectivity index (χ1n) is 15.8. The van der Waals surface area contributed by atoms with E-state index in [2.05, 4.69) is 42.7 Å². The van der Waals surface area contributed by atoms with Crippen LogP contribution in [0.5, 0.6) is 5.88 Å². The summed E-state index contributed by atoms with van der Waals surface area (Å²) in [4.78, 5) is 41.6. The highest BCUT2D eigenvalue weighted by Crippen LogP contribution is 2.25. The summed E-state index contributed by atoms with van der Waals surface area (Å²) in [5.74, 6) is 1.20. The number of fused-ring (bicyclic) bond motifs is 2. The predicted octanol–water partition coefficient (Wildman–Crippen LogP) is 5.79. The summed E-state index contributed by atoms with van der Waals surface area (Å²) in [5.41, 5.74) is 1.13. The van der Waals surface area contributed by atoms with Crippen molar-refractivity contribution in [2.45, 2.75) is 78.2 Å². The van der Waals surface area contributed by atoms with Crippen LogP contribution in [0.1, 0.15) is 54.4 Å². The van der Waals surface area contributed by atoms with Gasteiger partial charge >= 0.3 is 6.09 Å². The van der Waals surface area contributed by atoms with Gasteiger partial charge in [0.05, 0.1) is 17.6 Å².